The van der Waals surface area contributed by atoms with Gasteiger partial charge in [-0.05, 0) is 17.5 Å². The Morgan fingerprint density at radius 2 is 2.04 bits per heavy atom. The van der Waals surface area contributed by atoms with Crippen molar-refractivity contribution in [3.8, 4) is 0 Å². The van der Waals surface area contributed by atoms with Crippen LogP contribution in [0.1, 0.15) is 24.0 Å². The summed E-state index contributed by atoms with van der Waals surface area (Å²) in [6.45, 7) is 3.35. The molecule has 0 bridgehead atoms. The maximum absolute atomic E-state index is 11.6. The standard InChI is InChI=1S/C16H24N4O2.HI/c1-22-10-8-18-16(17)19-11-13-4-6-14(7-5-13)12-20-9-2-3-15(20)21;/h4-7H,2-3,8-12H2,1H3,(H3,17,18,19);1H. The molecule has 0 radical (unpaired) electrons. The van der Waals surface area contributed by atoms with Gasteiger partial charge in [0.05, 0.1) is 13.2 Å². The predicted octanol–water partition coefficient (Wildman–Crippen LogP) is 1.48. The van der Waals surface area contributed by atoms with Crippen LogP contribution in [0.3, 0.4) is 0 Å². The zero-order chi connectivity index (χ0) is 15.8. The summed E-state index contributed by atoms with van der Waals surface area (Å²) < 4.78 is 4.93. The molecule has 1 fully saturated rings. The Bertz CT molecular complexity index is 519. The molecule has 7 heteroatoms. The number of aliphatic imine (C=N–C) groups is 1. The molecule has 1 saturated heterocycles. The average molecular weight is 432 g/mol. The molecular weight excluding hydrogens is 407 g/mol. The van der Waals surface area contributed by atoms with E-state index < -0.39 is 0 Å². The lowest BCUT2D eigenvalue weighted by molar-refractivity contribution is -0.128. The second-order valence-corrected chi connectivity index (χ2v) is 5.36. The van der Waals surface area contributed by atoms with E-state index in [4.69, 9.17) is 10.5 Å². The van der Waals surface area contributed by atoms with Crippen LogP contribution in [0.25, 0.3) is 0 Å². The number of likely N-dealkylation sites (tertiary alicyclic amines) is 1. The highest BCUT2D eigenvalue weighted by atomic mass is 127. The fourth-order valence-electron chi connectivity index (χ4n) is 2.36. The van der Waals surface area contributed by atoms with Gasteiger partial charge < -0.3 is 20.7 Å². The van der Waals surface area contributed by atoms with E-state index in [0.717, 1.165) is 24.1 Å². The molecule has 1 aliphatic heterocycles. The first-order valence-corrected chi connectivity index (χ1v) is 7.57. The summed E-state index contributed by atoms with van der Waals surface area (Å²) >= 11 is 0. The summed E-state index contributed by atoms with van der Waals surface area (Å²) in [6.07, 6.45) is 1.66. The Morgan fingerprint density at radius 3 is 2.65 bits per heavy atom. The van der Waals surface area contributed by atoms with Crippen LogP contribution in [-0.4, -0.2) is 43.6 Å². The quantitative estimate of drug-likeness (QED) is 0.296. The normalized spacial score (nSPS) is 14.7. The molecule has 0 aliphatic carbocycles. The minimum Gasteiger partial charge on any atom is -0.383 e. The van der Waals surface area contributed by atoms with Crippen LogP contribution in [0.5, 0.6) is 0 Å². The highest BCUT2D eigenvalue weighted by molar-refractivity contribution is 14.0. The maximum atomic E-state index is 11.6. The third kappa shape index (κ3) is 6.74. The van der Waals surface area contributed by atoms with E-state index in [9.17, 15) is 4.79 Å². The average Bonchev–Trinajstić information content (AvgIpc) is 2.92. The maximum Gasteiger partial charge on any atom is 0.222 e. The van der Waals surface area contributed by atoms with Crippen LogP contribution in [0.2, 0.25) is 0 Å². The van der Waals surface area contributed by atoms with Gasteiger partial charge in [0.15, 0.2) is 5.96 Å². The number of ether oxygens (including phenoxy) is 1. The van der Waals surface area contributed by atoms with Crippen LogP contribution in [0, 0.1) is 0 Å². The van der Waals surface area contributed by atoms with Crippen molar-refractivity contribution < 1.29 is 9.53 Å². The molecule has 128 valence electrons. The Hall–Kier alpha value is -1.35. The van der Waals surface area contributed by atoms with Gasteiger partial charge in [0.2, 0.25) is 5.91 Å². The third-order valence-electron chi connectivity index (χ3n) is 3.61. The van der Waals surface area contributed by atoms with E-state index >= 15 is 0 Å². The van der Waals surface area contributed by atoms with Crippen LogP contribution >= 0.6 is 24.0 Å². The number of carbonyl (C=O) groups is 1. The predicted molar refractivity (Wildman–Crippen MR) is 102 cm³/mol. The Kier molecular flexibility index (Phi) is 8.93. The van der Waals surface area contributed by atoms with E-state index in [1.165, 1.54) is 0 Å². The first-order valence-electron chi connectivity index (χ1n) is 7.57. The number of nitrogens with one attached hydrogen (secondary N) is 1. The highest BCUT2D eigenvalue weighted by Crippen LogP contribution is 2.14. The molecule has 1 aromatic rings. The van der Waals surface area contributed by atoms with Crippen molar-refractivity contribution in [1.82, 2.24) is 10.2 Å². The van der Waals surface area contributed by atoms with Crippen molar-refractivity contribution in [3.63, 3.8) is 0 Å². The van der Waals surface area contributed by atoms with Gasteiger partial charge in [-0.15, -0.1) is 24.0 Å². The molecule has 0 aromatic heterocycles. The van der Waals surface area contributed by atoms with Crippen molar-refractivity contribution >= 4 is 35.8 Å². The van der Waals surface area contributed by atoms with Gasteiger partial charge in [-0.25, -0.2) is 4.99 Å². The number of halogens is 1. The van der Waals surface area contributed by atoms with Crippen LogP contribution in [0.4, 0.5) is 0 Å². The fraction of sp³-hybridized carbons (Fsp3) is 0.500. The van der Waals surface area contributed by atoms with Crippen molar-refractivity contribution in [1.29, 1.82) is 0 Å². The molecule has 1 aliphatic rings. The molecule has 0 atom stereocenters. The van der Waals surface area contributed by atoms with Crippen molar-refractivity contribution in [2.75, 3.05) is 26.8 Å². The van der Waals surface area contributed by atoms with Gasteiger partial charge in [0, 0.05) is 33.2 Å². The lowest BCUT2D eigenvalue weighted by Gasteiger charge is -2.15. The van der Waals surface area contributed by atoms with Gasteiger partial charge in [-0.2, -0.15) is 0 Å². The summed E-state index contributed by atoms with van der Waals surface area (Å²) in [5.41, 5.74) is 7.99. The van der Waals surface area contributed by atoms with Crippen molar-refractivity contribution in [2.45, 2.75) is 25.9 Å². The lowest BCUT2D eigenvalue weighted by atomic mass is 10.1. The molecule has 6 nitrogen and oxygen atoms in total. The van der Waals surface area contributed by atoms with Gasteiger partial charge in [0.25, 0.3) is 0 Å². The fourth-order valence-corrected chi connectivity index (χ4v) is 2.36. The molecule has 3 N–H and O–H groups in total. The summed E-state index contributed by atoms with van der Waals surface area (Å²) in [6, 6.07) is 8.15. The zero-order valence-electron chi connectivity index (χ0n) is 13.5. The van der Waals surface area contributed by atoms with E-state index in [2.05, 4.69) is 10.3 Å². The van der Waals surface area contributed by atoms with Crippen molar-refractivity contribution in [3.05, 3.63) is 35.4 Å². The van der Waals surface area contributed by atoms with Crippen LogP contribution < -0.4 is 11.1 Å². The van der Waals surface area contributed by atoms with Gasteiger partial charge in [0.1, 0.15) is 0 Å². The molecule has 1 aromatic carbocycles. The Morgan fingerprint density at radius 1 is 1.35 bits per heavy atom. The number of nitrogens with two attached hydrogens (primary N) is 1. The number of nitrogens with zero attached hydrogens (tertiary/aromatic N) is 2. The van der Waals surface area contributed by atoms with E-state index in [1.807, 2.05) is 29.2 Å². The molecule has 0 saturated carbocycles. The third-order valence-corrected chi connectivity index (χ3v) is 3.61. The molecule has 0 spiro atoms. The molecule has 2 rings (SSSR count). The first-order chi connectivity index (χ1) is 10.7. The number of benzene rings is 1. The second-order valence-electron chi connectivity index (χ2n) is 5.36. The van der Waals surface area contributed by atoms with Crippen molar-refractivity contribution in [2.24, 2.45) is 10.7 Å². The molecule has 1 amide bonds. The largest absolute Gasteiger partial charge is 0.383 e. The van der Waals surface area contributed by atoms with Crippen LogP contribution in [0.15, 0.2) is 29.3 Å². The molecular formula is C16H25IN4O2. The number of hydrogen-bond donors (Lipinski definition) is 2. The number of methoxy groups -OCH3 is 1. The summed E-state index contributed by atoms with van der Waals surface area (Å²) in [7, 11) is 1.65. The number of rotatable bonds is 7. The van der Waals surface area contributed by atoms with E-state index in [1.54, 1.807) is 7.11 Å². The lowest BCUT2D eigenvalue weighted by Crippen LogP contribution is -2.34. The number of guanidine groups is 1. The Balaban J connectivity index is 0.00000264. The minimum absolute atomic E-state index is 0. The van der Waals surface area contributed by atoms with Gasteiger partial charge in [-0.3, -0.25) is 4.79 Å². The second kappa shape index (κ2) is 10.4. The van der Waals surface area contributed by atoms with E-state index in [0.29, 0.717) is 38.6 Å². The highest BCUT2D eigenvalue weighted by Gasteiger charge is 2.19. The number of carbonyl (C=O) groups excluding carboxylic acids is 1. The zero-order valence-corrected chi connectivity index (χ0v) is 15.8. The molecule has 1 heterocycles. The first kappa shape index (κ1) is 19.7. The monoisotopic (exact) mass is 432 g/mol. The number of hydrogen-bond acceptors (Lipinski definition) is 3. The SMILES string of the molecule is COCCNC(N)=NCc1ccc(CN2CCCC2=O)cc1.I. The smallest absolute Gasteiger partial charge is 0.222 e. The molecule has 0 unspecified atom stereocenters. The van der Waals surface area contributed by atoms with E-state index in [-0.39, 0.29) is 29.9 Å². The Labute approximate surface area is 154 Å². The summed E-state index contributed by atoms with van der Waals surface area (Å²) in [5, 5.41) is 2.98. The summed E-state index contributed by atoms with van der Waals surface area (Å²) in [4.78, 5) is 17.8. The van der Waals surface area contributed by atoms with Gasteiger partial charge in [-0.1, -0.05) is 24.3 Å². The number of amides is 1. The van der Waals surface area contributed by atoms with Gasteiger partial charge >= 0.3 is 0 Å². The molecule has 23 heavy (non-hydrogen) atoms. The minimum atomic E-state index is 0. The van der Waals surface area contributed by atoms with Crippen LogP contribution in [-0.2, 0) is 22.6 Å². The summed E-state index contributed by atoms with van der Waals surface area (Å²) in [5.74, 6) is 0.673. The topological polar surface area (TPSA) is 80.0 Å².